The molecule has 1 aromatic heterocycles. The number of rotatable bonds is 10. The standard InChI is InChI=1S/C14H21N5OS/c1-2-8-15-9-10-19-14(16-17-18-19)21-12-11-20-13-6-4-3-5-7-13/h3-7,15H,2,8-12H2,1H3. The summed E-state index contributed by atoms with van der Waals surface area (Å²) >= 11 is 1.61. The third kappa shape index (κ3) is 5.73. The number of nitrogens with zero attached hydrogens (tertiary/aromatic N) is 4. The van der Waals surface area contributed by atoms with Gasteiger partial charge in [0, 0.05) is 12.3 Å². The Morgan fingerprint density at radius 2 is 2.10 bits per heavy atom. The van der Waals surface area contributed by atoms with Gasteiger partial charge in [0.2, 0.25) is 5.16 Å². The molecule has 0 atom stereocenters. The van der Waals surface area contributed by atoms with Gasteiger partial charge in [-0.25, -0.2) is 4.68 Å². The van der Waals surface area contributed by atoms with Gasteiger partial charge in [-0.2, -0.15) is 0 Å². The Kier molecular flexibility index (Phi) is 7.03. The summed E-state index contributed by atoms with van der Waals surface area (Å²) in [5.74, 6) is 1.71. The average Bonchev–Trinajstić information content (AvgIpc) is 2.97. The zero-order chi connectivity index (χ0) is 14.8. The van der Waals surface area contributed by atoms with Crippen molar-refractivity contribution in [3.63, 3.8) is 0 Å². The molecule has 2 rings (SSSR count). The molecule has 0 amide bonds. The molecule has 0 spiro atoms. The number of tetrazole rings is 1. The second kappa shape index (κ2) is 9.36. The number of benzene rings is 1. The first-order valence-corrected chi connectivity index (χ1v) is 8.16. The number of aromatic nitrogens is 4. The van der Waals surface area contributed by atoms with Crippen LogP contribution in [-0.2, 0) is 6.54 Å². The minimum absolute atomic E-state index is 0.635. The molecule has 1 aromatic carbocycles. The fraction of sp³-hybridized carbons (Fsp3) is 0.500. The average molecular weight is 307 g/mol. The number of hydrogen-bond donors (Lipinski definition) is 1. The Hall–Kier alpha value is -1.60. The van der Waals surface area contributed by atoms with Crippen LogP contribution in [0.4, 0.5) is 0 Å². The highest BCUT2D eigenvalue weighted by atomic mass is 32.2. The van der Waals surface area contributed by atoms with Crippen molar-refractivity contribution in [3.8, 4) is 5.75 Å². The molecule has 114 valence electrons. The predicted molar refractivity (Wildman–Crippen MR) is 83.6 cm³/mol. The van der Waals surface area contributed by atoms with Gasteiger partial charge < -0.3 is 10.1 Å². The highest BCUT2D eigenvalue weighted by Gasteiger charge is 2.06. The van der Waals surface area contributed by atoms with Gasteiger partial charge in [-0.15, -0.1) is 5.10 Å². The van der Waals surface area contributed by atoms with Crippen LogP contribution in [0.5, 0.6) is 5.75 Å². The van der Waals surface area contributed by atoms with E-state index >= 15 is 0 Å². The zero-order valence-corrected chi connectivity index (χ0v) is 13.1. The summed E-state index contributed by atoms with van der Waals surface area (Å²) in [5, 5.41) is 16.0. The third-order valence-corrected chi connectivity index (χ3v) is 3.67. The van der Waals surface area contributed by atoms with Crippen LogP contribution in [0, 0.1) is 0 Å². The fourth-order valence-electron chi connectivity index (χ4n) is 1.74. The molecule has 0 radical (unpaired) electrons. The summed E-state index contributed by atoms with van der Waals surface area (Å²) < 4.78 is 7.48. The molecule has 2 aromatic rings. The van der Waals surface area contributed by atoms with E-state index in [1.165, 1.54) is 0 Å². The summed E-state index contributed by atoms with van der Waals surface area (Å²) in [5.41, 5.74) is 0. The van der Waals surface area contributed by atoms with E-state index < -0.39 is 0 Å². The second-order valence-corrected chi connectivity index (χ2v) is 5.51. The van der Waals surface area contributed by atoms with Gasteiger partial charge in [-0.3, -0.25) is 0 Å². The Morgan fingerprint density at radius 1 is 1.24 bits per heavy atom. The quantitative estimate of drug-likeness (QED) is 0.534. The maximum absolute atomic E-state index is 5.65. The van der Waals surface area contributed by atoms with E-state index in [4.69, 9.17) is 4.74 Å². The summed E-state index contributed by atoms with van der Waals surface area (Å²) in [7, 11) is 0. The van der Waals surface area contributed by atoms with Crippen molar-refractivity contribution in [2.24, 2.45) is 0 Å². The molecule has 0 saturated carbocycles. The number of ether oxygens (including phenoxy) is 1. The van der Waals surface area contributed by atoms with Crippen molar-refractivity contribution in [2.45, 2.75) is 25.0 Å². The Bertz CT molecular complexity index is 505. The monoisotopic (exact) mass is 307 g/mol. The van der Waals surface area contributed by atoms with Crippen molar-refractivity contribution in [2.75, 3.05) is 25.4 Å². The normalized spacial score (nSPS) is 10.7. The van der Waals surface area contributed by atoms with E-state index in [2.05, 4.69) is 27.8 Å². The lowest BCUT2D eigenvalue weighted by atomic mass is 10.3. The molecule has 0 fully saturated rings. The molecule has 0 saturated heterocycles. The lowest BCUT2D eigenvalue weighted by molar-refractivity contribution is 0.343. The molecule has 0 aliphatic rings. The molecule has 0 unspecified atom stereocenters. The Balaban J connectivity index is 1.67. The van der Waals surface area contributed by atoms with Crippen LogP contribution in [0.2, 0.25) is 0 Å². The summed E-state index contributed by atoms with van der Waals surface area (Å²) in [6, 6.07) is 9.81. The molecule has 1 N–H and O–H groups in total. The predicted octanol–water partition coefficient (Wildman–Crippen LogP) is 1.84. The molecular weight excluding hydrogens is 286 g/mol. The number of hydrogen-bond acceptors (Lipinski definition) is 6. The molecular formula is C14H21N5OS. The van der Waals surface area contributed by atoms with Crippen LogP contribution in [-0.4, -0.2) is 45.7 Å². The van der Waals surface area contributed by atoms with Gasteiger partial charge in [0.25, 0.3) is 0 Å². The van der Waals surface area contributed by atoms with E-state index in [0.29, 0.717) is 6.61 Å². The van der Waals surface area contributed by atoms with Crippen molar-refractivity contribution < 1.29 is 4.74 Å². The number of thioether (sulfide) groups is 1. The fourth-order valence-corrected chi connectivity index (χ4v) is 2.46. The van der Waals surface area contributed by atoms with Crippen LogP contribution in [0.3, 0.4) is 0 Å². The van der Waals surface area contributed by atoms with Gasteiger partial charge in [0.05, 0.1) is 13.2 Å². The number of para-hydroxylation sites is 1. The highest BCUT2D eigenvalue weighted by molar-refractivity contribution is 7.99. The molecule has 7 heteroatoms. The number of nitrogens with one attached hydrogen (secondary N) is 1. The lowest BCUT2D eigenvalue weighted by Crippen LogP contribution is -2.21. The second-order valence-electron chi connectivity index (χ2n) is 4.44. The van der Waals surface area contributed by atoms with Crippen molar-refractivity contribution in [1.29, 1.82) is 0 Å². The van der Waals surface area contributed by atoms with E-state index in [-0.39, 0.29) is 0 Å². The first kappa shape index (κ1) is 15.8. The maximum Gasteiger partial charge on any atom is 0.209 e. The van der Waals surface area contributed by atoms with Crippen LogP contribution in [0.15, 0.2) is 35.5 Å². The molecule has 0 bridgehead atoms. The largest absolute Gasteiger partial charge is 0.493 e. The van der Waals surface area contributed by atoms with Crippen LogP contribution >= 0.6 is 11.8 Å². The van der Waals surface area contributed by atoms with E-state index in [1.54, 1.807) is 11.8 Å². The summed E-state index contributed by atoms with van der Waals surface area (Å²) in [6.45, 7) is 5.48. The first-order valence-electron chi connectivity index (χ1n) is 7.17. The van der Waals surface area contributed by atoms with Gasteiger partial charge >= 0.3 is 0 Å². The molecule has 21 heavy (non-hydrogen) atoms. The SMILES string of the molecule is CCCNCCn1nnnc1SCCOc1ccccc1. The van der Waals surface area contributed by atoms with Crippen LogP contribution in [0.1, 0.15) is 13.3 Å². The molecule has 1 heterocycles. The first-order chi connectivity index (χ1) is 10.4. The van der Waals surface area contributed by atoms with Gasteiger partial charge in [-0.05, 0) is 35.5 Å². The minimum Gasteiger partial charge on any atom is -0.493 e. The topological polar surface area (TPSA) is 64.9 Å². The summed E-state index contributed by atoms with van der Waals surface area (Å²) in [4.78, 5) is 0. The van der Waals surface area contributed by atoms with Gasteiger partial charge in [-0.1, -0.05) is 36.9 Å². The van der Waals surface area contributed by atoms with Gasteiger partial charge in [0.15, 0.2) is 0 Å². The highest BCUT2D eigenvalue weighted by Crippen LogP contribution is 2.14. The van der Waals surface area contributed by atoms with Crippen molar-refractivity contribution >= 4 is 11.8 Å². The van der Waals surface area contributed by atoms with Crippen LogP contribution in [0.25, 0.3) is 0 Å². The smallest absolute Gasteiger partial charge is 0.209 e. The van der Waals surface area contributed by atoms with E-state index in [1.807, 2.05) is 35.0 Å². The Labute approximate surface area is 129 Å². The van der Waals surface area contributed by atoms with E-state index in [9.17, 15) is 0 Å². The summed E-state index contributed by atoms with van der Waals surface area (Å²) in [6.07, 6.45) is 1.13. The van der Waals surface area contributed by atoms with E-state index in [0.717, 1.165) is 42.7 Å². The zero-order valence-electron chi connectivity index (χ0n) is 12.2. The minimum atomic E-state index is 0.635. The van der Waals surface area contributed by atoms with Crippen molar-refractivity contribution in [1.82, 2.24) is 25.5 Å². The van der Waals surface area contributed by atoms with Crippen molar-refractivity contribution in [3.05, 3.63) is 30.3 Å². The third-order valence-electron chi connectivity index (χ3n) is 2.75. The molecule has 0 aliphatic heterocycles. The molecule has 6 nitrogen and oxygen atoms in total. The maximum atomic E-state index is 5.65. The lowest BCUT2D eigenvalue weighted by Gasteiger charge is -2.06. The molecule has 0 aliphatic carbocycles. The van der Waals surface area contributed by atoms with Gasteiger partial charge in [0.1, 0.15) is 5.75 Å². The van der Waals surface area contributed by atoms with Crippen LogP contribution < -0.4 is 10.1 Å². The Morgan fingerprint density at radius 3 is 2.90 bits per heavy atom.